The first kappa shape index (κ1) is 12.2. The topological polar surface area (TPSA) is 27.7 Å². The number of ether oxygens (including phenoxy) is 1. The SMILES string of the molecule is CO[Si](CC(C)C)(OC)C1CCCO1. The van der Waals surface area contributed by atoms with Gasteiger partial charge in [-0.05, 0) is 24.8 Å². The summed E-state index contributed by atoms with van der Waals surface area (Å²) in [6.45, 7) is 5.27. The quantitative estimate of drug-likeness (QED) is 0.661. The zero-order valence-corrected chi connectivity index (χ0v) is 10.7. The van der Waals surface area contributed by atoms with Gasteiger partial charge < -0.3 is 13.6 Å². The Hall–Kier alpha value is 0.0969. The van der Waals surface area contributed by atoms with E-state index in [2.05, 4.69) is 13.8 Å². The maximum atomic E-state index is 5.71. The highest BCUT2D eigenvalue weighted by molar-refractivity contribution is 6.68. The second-order valence-corrected chi connectivity index (χ2v) is 7.81. The van der Waals surface area contributed by atoms with Gasteiger partial charge in [0, 0.05) is 20.8 Å². The fourth-order valence-electron chi connectivity index (χ4n) is 2.14. The van der Waals surface area contributed by atoms with Crippen LogP contribution in [0, 0.1) is 5.92 Å². The second kappa shape index (κ2) is 5.26. The molecule has 1 saturated heterocycles. The minimum Gasteiger partial charge on any atom is -0.396 e. The highest BCUT2D eigenvalue weighted by atomic mass is 28.4. The molecule has 3 nitrogen and oxygen atoms in total. The Morgan fingerprint density at radius 3 is 2.36 bits per heavy atom. The van der Waals surface area contributed by atoms with Crippen molar-refractivity contribution in [3.63, 3.8) is 0 Å². The molecule has 4 heteroatoms. The summed E-state index contributed by atoms with van der Waals surface area (Å²) < 4.78 is 17.1. The van der Waals surface area contributed by atoms with E-state index in [4.69, 9.17) is 13.6 Å². The molecule has 0 spiro atoms. The van der Waals surface area contributed by atoms with Crippen LogP contribution in [0.5, 0.6) is 0 Å². The highest BCUT2D eigenvalue weighted by Crippen LogP contribution is 2.29. The van der Waals surface area contributed by atoms with Crippen molar-refractivity contribution in [3.8, 4) is 0 Å². The van der Waals surface area contributed by atoms with Crippen molar-refractivity contribution in [3.05, 3.63) is 0 Å². The maximum Gasteiger partial charge on any atom is 0.367 e. The van der Waals surface area contributed by atoms with E-state index in [9.17, 15) is 0 Å². The number of hydrogen-bond acceptors (Lipinski definition) is 3. The molecule has 0 aliphatic carbocycles. The van der Waals surface area contributed by atoms with E-state index >= 15 is 0 Å². The van der Waals surface area contributed by atoms with Gasteiger partial charge in [-0.2, -0.15) is 0 Å². The molecule has 0 aromatic rings. The Labute approximate surface area is 88.0 Å². The van der Waals surface area contributed by atoms with E-state index < -0.39 is 8.56 Å². The lowest BCUT2D eigenvalue weighted by atomic mass is 10.3. The van der Waals surface area contributed by atoms with Crippen LogP contribution in [0.1, 0.15) is 26.7 Å². The van der Waals surface area contributed by atoms with Crippen molar-refractivity contribution in [2.75, 3.05) is 20.8 Å². The lowest BCUT2D eigenvalue weighted by Gasteiger charge is -2.33. The third-order valence-electron chi connectivity index (χ3n) is 2.80. The predicted octanol–water partition coefficient (Wildman–Crippen LogP) is 2.10. The van der Waals surface area contributed by atoms with Crippen molar-refractivity contribution in [1.29, 1.82) is 0 Å². The van der Waals surface area contributed by atoms with Crippen molar-refractivity contribution in [1.82, 2.24) is 0 Å². The number of rotatable bonds is 5. The van der Waals surface area contributed by atoms with Crippen molar-refractivity contribution >= 4 is 8.56 Å². The molecule has 1 aliphatic rings. The monoisotopic (exact) mass is 218 g/mol. The first-order valence-electron chi connectivity index (χ1n) is 5.36. The molecule has 14 heavy (non-hydrogen) atoms. The van der Waals surface area contributed by atoms with Crippen LogP contribution in [0.3, 0.4) is 0 Å². The summed E-state index contributed by atoms with van der Waals surface area (Å²) in [4.78, 5) is 0. The molecule has 0 saturated carbocycles. The molecule has 1 rings (SSSR count). The van der Waals surface area contributed by atoms with Gasteiger partial charge in [-0.1, -0.05) is 13.8 Å². The average molecular weight is 218 g/mol. The van der Waals surface area contributed by atoms with Gasteiger partial charge in [0.1, 0.15) is 5.73 Å². The summed E-state index contributed by atoms with van der Waals surface area (Å²) in [5.74, 6) is 0.603. The molecule has 1 aliphatic heterocycles. The van der Waals surface area contributed by atoms with Crippen LogP contribution >= 0.6 is 0 Å². The molecular formula is C10H22O3Si. The predicted molar refractivity (Wildman–Crippen MR) is 58.4 cm³/mol. The third-order valence-corrected chi connectivity index (χ3v) is 7.01. The molecule has 0 aromatic carbocycles. The molecule has 0 amide bonds. The molecule has 1 atom stereocenters. The van der Waals surface area contributed by atoms with Gasteiger partial charge in [-0.3, -0.25) is 0 Å². The minimum absolute atomic E-state index is 0.236. The third kappa shape index (κ3) is 2.57. The lowest BCUT2D eigenvalue weighted by Crippen LogP contribution is -2.52. The van der Waals surface area contributed by atoms with Crippen molar-refractivity contribution < 1.29 is 13.6 Å². The Morgan fingerprint density at radius 2 is 2.00 bits per heavy atom. The van der Waals surface area contributed by atoms with Crippen LogP contribution in [0.2, 0.25) is 6.04 Å². The van der Waals surface area contributed by atoms with Crippen molar-refractivity contribution in [2.24, 2.45) is 5.92 Å². The first-order chi connectivity index (χ1) is 6.64. The zero-order valence-electron chi connectivity index (χ0n) is 9.71. The summed E-state index contributed by atoms with van der Waals surface area (Å²) in [5, 5.41) is 0. The molecule has 0 bridgehead atoms. The second-order valence-electron chi connectivity index (χ2n) is 4.32. The summed E-state index contributed by atoms with van der Waals surface area (Å²) >= 11 is 0. The van der Waals surface area contributed by atoms with Crippen LogP contribution < -0.4 is 0 Å². The van der Waals surface area contributed by atoms with Crippen LogP contribution in [-0.2, 0) is 13.6 Å². The van der Waals surface area contributed by atoms with Crippen LogP contribution in [-0.4, -0.2) is 35.1 Å². The van der Waals surface area contributed by atoms with Gasteiger partial charge >= 0.3 is 8.56 Å². The van der Waals surface area contributed by atoms with Crippen molar-refractivity contribution in [2.45, 2.75) is 38.5 Å². The van der Waals surface area contributed by atoms with Gasteiger partial charge in [0.25, 0.3) is 0 Å². The van der Waals surface area contributed by atoms with Gasteiger partial charge in [-0.25, -0.2) is 0 Å². The standard InChI is InChI=1S/C10H22O3Si/c1-9(2)8-14(11-3,12-4)10-6-5-7-13-10/h9-10H,5-8H2,1-4H3. The molecule has 1 unspecified atom stereocenters. The van der Waals surface area contributed by atoms with Gasteiger partial charge in [-0.15, -0.1) is 0 Å². The largest absolute Gasteiger partial charge is 0.396 e. The van der Waals surface area contributed by atoms with E-state index in [1.54, 1.807) is 14.2 Å². The molecule has 0 aromatic heterocycles. The van der Waals surface area contributed by atoms with E-state index in [1.165, 1.54) is 0 Å². The average Bonchev–Trinajstić information content (AvgIpc) is 2.67. The smallest absolute Gasteiger partial charge is 0.367 e. The molecule has 1 heterocycles. The zero-order chi connectivity index (χ0) is 10.6. The van der Waals surface area contributed by atoms with E-state index in [0.717, 1.165) is 25.5 Å². The molecule has 1 fully saturated rings. The highest BCUT2D eigenvalue weighted by Gasteiger charge is 2.47. The van der Waals surface area contributed by atoms with Crippen LogP contribution in [0.25, 0.3) is 0 Å². The fourth-order valence-corrected chi connectivity index (χ4v) is 5.58. The van der Waals surface area contributed by atoms with Gasteiger partial charge in [0.2, 0.25) is 0 Å². The molecule has 0 radical (unpaired) electrons. The normalized spacial score (nSPS) is 23.4. The first-order valence-corrected chi connectivity index (χ1v) is 7.46. The van der Waals surface area contributed by atoms with E-state index in [-0.39, 0.29) is 5.73 Å². The fraction of sp³-hybridized carbons (Fsp3) is 1.00. The Morgan fingerprint density at radius 1 is 1.36 bits per heavy atom. The van der Waals surface area contributed by atoms with E-state index in [0.29, 0.717) is 5.92 Å². The van der Waals surface area contributed by atoms with Crippen LogP contribution in [0.4, 0.5) is 0 Å². The summed E-state index contributed by atoms with van der Waals surface area (Å²) in [6, 6.07) is 1.02. The summed E-state index contributed by atoms with van der Waals surface area (Å²) in [5.41, 5.74) is 0.236. The number of hydrogen-bond donors (Lipinski definition) is 0. The Kier molecular flexibility index (Phi) is 4.57. The molecular weight excluding hydrogens is 196 g/mol. The summed E-state index contributed by atoms with van der Waals surface area (Å²) in [6.07, 6.45) is 2.24. The Bertz CT molecular complexity index is 163. The molecule has 84 valence electrons. The summed E-state index contributed by atoms with van der Waals surface area (Å²) in [7, 11) is 1.43. The minimum atomic E-state index is -2.10. The van der Waals surface area contributed by atoms with Gasteiger partial charge in [0.15, 0.2) is 0 Å². The van der Waals surface area contributed by atoms with Gasteiger partial charge in [0.05, 0.1) is 0 Å². The molecule has 0 N–H and O–H groups in total. The van der Waals surface area contributed by atoms with E-state index in [1.807, 2.05) is 0 Å². The maximum absolute atomic E-state index is 5.71. The Balaban J connectivity index is 2.67. The van der Waals surface area contributed by atoms with Crippen LogP contribution in [0.15, 0.2) is 0 Å². The lowest BCUT2D eigenvalue weighted by molar-refractivity contribution is 0.100.